The molecule has 5 heteroatoms. The minimum Gasteiger partial charge on any atom is -0.324 e. The van der Waals surface area contributed by atoms with Crippen LogP contribution in [0.2, 0.25) is 0 Å². The van der Waals surface area contributed by atoms with Gasteiger partial charge in [0.2, 0.25) is 10.0 Å². The Bertz CT molecular complexity index is 397. The standard InChI is InChI=1S/C9H14N2O2S/c1-2-9(10)7-3-5-8(6-4-7)14(11,12)13/h3-6,9H,2,10H2,1H3,(H2,11,12,13). The molecule has 78 valence electrons. The summed E-state index contributed by atoms with van der Waals surface area (Å²) in [5, 5.41) is 4.96. The molecular weight excluding hydrogens is 200 g/mol. The maximum atomic E-state index is 10.9. The third kappa shape index (κ3) is 2.54. The second kappa shape index (κ2) is 4.08. The van der Waals surface area contributed by atoms with Gasteiger partial charge in [-0.25, -0.2) is 13.6 Å². The molecule has 0 spiro atoms. The Labute approximate surface area is 84.0 Å². The summed E-state index contributed by atoms with van der Waals surface area (Å²) in [6.07, 6.45) is 0.814. The van der Waals surface area contributed by atoms with Gasteiger partial charge in [-0.2, -0.15) is 0 Å². The van der Waals surface area contributed by atoms with E-state index in [1.807, 2.05) is 6.92 Å². The Kier molecular flexibility index (Phi) is 3.25. The molecule has 0 radical (unpaired) electrons. The lowest BCUT2D eigenvalue weighted by Crippen LogP contribution is -2.13. The predicted octanol–water partition coefficient (Wildman–Crippen LogP) is 0.744. The first-order valence-electron chi connectivity index (χ1n) is 4.33. The van der Waals surface area contributed by atoms with Crippen LogP contribution in [-0.2, 0) is 10.0 Å². The average Bonchev–Trinajstić information content (AvgIpc) is 2.15. The number of benzene rings is 1. The number of primary sulfonamides is 1. The van der Waals surface area contributed by atoms with Crippen molar-refractivity contribution in [2.75, 3.05) is 0 Å². The average molecular weight is 214 g/mol. The molecule has 4 N–H and O–H groups in total. The summed E-state index contributed by atoms with van der Waals surface area (Å²) in [5.74, 6) is 0. The molecule has 0 heterocycles. The topological polar surface area (TPSA) is 86.2 Å². The van der Waals surface area contributed by atoms with Crippen LogP contribution in [-0.4, -0.2) is 8.42 Å². The van der Waals surface area contributed by atoms with Gasteiger partial charge in [0, 0.05) is 6.04 Å². The molecule has 0 amide bonds. The molecule has 0 aromatic heterocycles. The SMILES string of the molecule is CCC(N)c1ccc(S(N)(=O)=O)cc1. The van der Waals surface area contributed by atoms with Crippen LogP contribution in [0, 0.1) is 0 Å². The highest BCUT2D eigenvalue weighted by atomic mass is 32.2. The highest BCUT2D eigenvalue weighted by molar-refractivity contribution is 7.89. The monoisotopic (exact) mass is 214 g/mol. The van der Waals surface area contributed by atoms with Crippen molar-refractivity contribution < 1.29 is 8.42 Å². The van der Waals surface area contributed by atoms with Gasteiger partial charge in [0.25, 0.3) is 0 Å². The first-order valence-corrected chi connectivity index (χ1v) is 5.88. The van der Waals surface area contributed by atoms with Gasteiger partial charge in [0.15, 0.2) is 0 Å². The third-order valence-electron chi connectivity index (χ3n) is 2.08. The van der Waals surface area contributed by atoms with Crippen molar-refractivity contribution in [2.45, 2.75) is 24.3 Å². The summed E-state index contributed by atoms with van der Waals surface area (Å²) in [6.45, 7) is 1.97. The van der Waals surface area contributed by atoms with E-state index in [0.717, 1.165) is 12.0 Å². The lowest BCUT2D eigenvalue weighted by Gasteiger charge is -2.08. The minimum atomic E-state index is -3.59. The van der Waals surface area contributed by atoms with Crippen molar-refractivity contribution in [3.63, 3.8) is 0 Å². The Morgan fingerprint density at radius 2 is 1.79 bits per heavy atom. The van der Waals surface area contributed by atoms with Crippen molar-refractivity contribution in [3.8, 4) is 0 Å². The van der Waals surface area contributed by atoms with E-state index in [9.17, 15) is 8.42 Å². The van der Waals surface area contributed by atoms with Crippen LogP contribution in [0.15, 0.2) is 29.2 Å². The van der Waals surface area contributed by atoms with Crippen LogP contribution in [0.5, 0.6) is 0 Å². The summed E-state index contributed by atoms with van der Waals surface area (Å²) in [4.78, 5) is 0.115. The fourth-order valence-corrected chi connectivity index (χ4v) is 1.66. The predicted molar refractivity (Wildman–Crippen MR) is 55.0 cm³/mol. The normalized spacial score (nSPS) is 13.9. The van der Waals surface area contributed by atoms with Crippen LogP contribution in [0.25, 0.3) is 0 Å². The molecule has 0 saturated heterocycles. The van der Waals surface area contributed by atoms with E-state index in [-0.39, 0.29) is 10.9 Å². The molecule has 14 heavy (non-hydrogen) atoms. The summed E-state index contributed by atoms with van der Waals surface area (Å²) < 4.78 is 21.9. The van der Waals surface area contributed by atoms with Crippen molar-refractivity contribution in [1.82, 2.24) is 0 Å². The molecule has 4 nitrogen and oxygen atoms in total. The van der Waals surface area contributed by atoms with E-state index in [1.165, 1.54) is 12.1 Å². The van der Waals surface area contributed by atoms with E-state index in [4.69, 9.17) is 10.9 Å². The molecule has 0 aliphatic carbocycles. The van der Waals surface area contributed by atoms with E-state index >= 15 is 0 Å². The zero-order valence-corrected chi connectivity index (χ0v) is 8.79. The largest absolute Gasteiger partial charge is 0.324 e. The number of rotatable bonds is 3. The first-order chi connectivity index (χ1) is 6.45. The van der Waals surface area contributed by atoms with Gasteiger partial charge in [0.05, 0.1) is 4.90 Å². The maximum Gasteiger partial charge on any atom is 0.238 e. The molecule has 0 aliphatic rings. The second-order valence-electron chi connectivity index (χ2n) is 3.13. The Morgan fingerprint density at radius 3 is 2.14 bits per heavy atom. The van der Waals surface area contributed by atoms with E-state index in [1.54, 1.807) is 12.1 Å². The summed E-state index contributed by atoms with van der Waals surface area (Å²) >= 11 is 0. The summed E-state index contributed by atoms with van der Waals surface area (Å²) in [5.41, 5.74) is 6.69. The summed E-state index contributed by atoms with van der Waals surface area (Å²) in [7, 11) is -3.59. The number of nitrogens with two attached hydrogens (primary N) is 2. The highest BCUT2D eigenvalue weighted by Gasteiger charge is 2.08. The number of hydrogen-bond acceptors (Lipinski definition) is 3. The molecule has 1 aromatic rings. The molecule has 0 bridgehead atoms. The van der Waals surface area contributed by atoms with Gasteiger partial charge < -0.3 is 5.73 Å². The molecule has 0 fully saturated rings. The van der Waals surface area contributed by atoms with E-state index < -0.39 is 10.0 Å². The van der Waals surface area contributed by atoms with Crippen LogP contribution in [0.1, 0.15) is 24.9 Å². The van der Waals surface area contributed by atoms with Gasteiger partial charge in [0.1, 0.15) is 0 Å². The maximum absolute atomic E-state index is 10.9. The number of hydrogen-bond donors (Lipinski definition) is 2. The van der Waals surface area contributed by atoms with Gasteiger partial charge >= 0.3 is 0 Å². The summed E-state index contributed by atoms with van der Waals surface area (Å²) in [6, 6.07) is 6.27. The number of sulfonamides is 1. The first kappa shape index (κ1) is 11.2. The van der Waals surface area contributed by atoms with Crippen LogP contribution < -0.4 is 10.9 Å². The quantitative estimate of drug-likeness (QED) is 0.778. The van der Waals surface area contributed by atoms with Gasteiger partial charge in [-0.05, 0) is 24.1 Å². The zero-order chi connectivity index (χ0) is 10.8. The van der Waals surface area contributed by atoms with Crippen molar-refractivity contribution in [1.29, 1.82) is 0 Å². The fraction of sp³-hybridized carbons (Fsp3) is 0.333. The smallest absolute Gasteiger partial charge is 0.238 e. The molecule has 1 rings (SSSR count). The van der Waals surface area contributed by atoms with Crippen molar-refractivity contribution >= 4 is 10.0 Å². The minimum absolute atomic E-state index is 0.0514. The molecule has 0 saturated carbocycles. The lowest BCUT2D eigenvalue weighted by atomic mass is 10.1. The van der Waals surface area contributed by atoms with Crippen LogP contribution in [0.4, 0.5) is 0 Å². The zero-order valence-electron chi connectivity index (χ0n) is 7.97. The molecule has 1 atom stereocenters. The lowest BCUT2D eigenvalue weighted by molar-refractivity contribution is 0.597. The molecule has 1 unspecified atom stereocenters. The Hall–Kier alpha value is -0.910. The fourth-order valence-electron chi connectivity index (χ4n) is 1.14. The molecule has 0 aliphatic heterocycles. The van der Waals surface area contributed by atoms with Crippen molar-refractivity contribution in [2.24, 2.45) is 10.9 Å². The third-order valence-corrected chi connectivity index (χ3v) is 3.01. The van der Waals surface area contributed by atoms with E-state index in [0.29, 0.717) is 0 Å². The molecule has 1 aromatic carbocycles. The molecular formula is C9H14N2O2S. The van der Waals surface area contributed by atoms with Crippen molar-refractivity contribution in [3.05, 3.63) is 29.8 Å². The Balaban J connectivity index is 3.01. The van der Waals surface area contributed by atoms with Gasteiger partial charge in [-0.1, -0.05) is 19.1 Å². The highest BCUT2D eigenvalue weighted by Crippen LogP contribution is 2.15. The van der Waals surface area contributed by atoms with E-state index in [2.05, 4.69) is 0 Å². The van der Waals surface area contributed by atoms with Gasteiger partial charge in [-0.3, -0.25) is 0 Å². The van der Waals surface area contributed by atoms with Crippen LogP contribution in [0.3, 0.4) is 0 Å². The van der Waals surface area contributed by atoms with Gasteiger partial charge in [-0.15, -0.1) is 0 Å². The second-order valence-corrected chi connectivity index (χ2v) is 4.69. The Morgan fingerprint density at radius 1 is 1.29 bits per heavy atom. The van der Waals surface area contributed by atoms with Crippen LogP contribution >= 0.6 is 0 Å².